The normalized spacial score (nSPS) is 15.4. The van der Waals surface area contributed by atoms with Crippen LogP contribution in [0.1, 0.15) is 44.3 Å². The Hall–Kier alpha value is -3.61. The second-order valence-electron chi connectivity index (χ2n) is 7.78. The summed E-state index contributed by atoms with van der Waals surface area (Å²) >= 11 is 0. The van der Waals surface area contributed by atoms with Crippen LogP contribution in [0.4, 0.5) is 18.9 Å². The van der Waals surface area contributed by atoms with Crippen LogP contribution >= 0.6 is 0 Å². The van der Waals surface area contributed by atoms with Gasteiger partial charge in [0, 0.05) is 23.8 Å². The van der Waals surface area contributed by atoms with Gasteiger partial charge in [-0.2, -0.15) is 13.2 Å². The standard InChI is InChI=1S/C25H21F3N2O2/c1-16-13-19-12-11-17(14-22(19)30(16)24(32)18-7-3-2-4-8-18)15-29-23(31)20-9-5-6-10-21(20)25(26,27)28/h2-12,14,16H,13,15H2,1H3,(H,29,31)/t16-/m1/s1. The van der Waals surface area contributed by atoms with Crippen molar-refractivity contribution >= 4 is 17.5 Å². The average Bonchev–Trinajstić information content (AvgIpc) is 3.12. The van der Waals surface area contributed by atoms with Crippen molar-refractivity contribution in [1.82, 2.24) is 5.32 Å². The Morgan fingerprint density at radius 3 is 2.41 bits per heavy atom. The molecule has 1 N–H and O–H groups in total. The fourth-order valence-electron chi connectivity index (χ4n) is 4.00. The highest BCUT2D eigenvalue weighted by atomic mass is 19.4. The monoisotopic (exact) mass is 438 g/mol. The summed E-state index contributed by atoms with van der Waals surface area (Å²) in [6.45, 7) is 2.01. The van der Waals surface area contributed by atoms with Crippen molar-refractivity contribution in [1.29, 1.82) is 0 Å². The van der Waals surface area contributed by atoms with Crippen LogP contribution < -0.4 is 10.2 Å². The largest absolute Gasteiger partial charge is 0.417 e. The molecule has 1 aliphatic rings. The van der Waals surface area contributed by atoms with Crippen LogP contribution in [0.3, 0.4) is 0 Å². The molecule has 32 heavy (non-hydrogen) atoms. The Morgan fingerprint density at radius 1 is 1.00 bits per heavy atom. The van der Waals surface area contributed by atoms with Crippen molar-refractivity contribution in [3.05, 3.63) is 101 Å². The molecule has 4 nitrogen and oxygen atoms in total. The molecule has 3 aromatic rings. The number of halogens is 3. The Labute approximate surface area is 183 Å². The molecule has 3 aromatic carbocycles. The van der Waals surface area contributed by atoms with Gasteiger partial charge in [0.05, 0.1) is 11.1 Å². The van der Waals surface area contributed by atoms with E-state index in [2.05, 4.69) is 5.32 Å². The molecule has 0 saturated carbocycles. The number of rotatable bonds is 4. The molecule has 0 spiro atoms. The number of carbonyl (C=O) groups is 2. The number of alkyl halides is 3. The highest BCUT2D eigenvalue weighted by Gasteiger charge is 2.35. The lowest BCUT2D eigenvalue weighted by Crippen LogP contribution is -2.35. The molecular formula is C25H21F3N2O2. The third-order valence-corrected chi connectivity index (χ3v) is 5.54. The lowest BCUT2D eigenvalue weighted by Gasteiger charge is -2.23. The van der Waals surface area contributed by atoms with Crippen LogP contribution in [0, 0.1) is 0 Å². The number of hydrogen-bond acceptors (Lipinski definition) is 2. The zero-order chi connectivity index (χ0) is 22.9. The summed E-state index contributed by atoms with van der Waals surface area (Å²) in [4.78, 5) is 27.2. The van der Waals surface area contributed by atoms with Crippen LogP contribution in [0.2, 0.25) is 0 Å². The molecular weight excluding hydrogens is 417 g/mol. The van der Waals surface area contributed by atoms with Gasteiger partial charge in [0.2, 0.25) is 0 Å². The van der Waals surface area contributed by atoms with Crippen LogP contribution in [0.5, 0.6) is 0 Å². The van der Waals surface area contributed by atoms with E-state index in [-0.39, 0.29) is 18.5 Å². The fourth-order valence-corrected chi connectivity index (χ4v) is 4.00. The Balaban J connectivity index is 1.54. The van der Waals surface area contributed by atoms with Gasteiger partial charge in [-0.25, -0.2) is 0 Å². The number of amides is 2. The van der Waals surface area contributed by atoms with E-state index < -0.39 is 23.2 Å². The summed E-state index contributed by atoms with van der Waals surface area (Å²) < 4.78 is 39.6. The number of nitrogens with zero attached hydrogens (tertiary/aromatic N) is 1. The number of carbonyl (C=O) groups excluding carboxylic acids is 2. The van der Waals surface area contributed by atoms with Gasteiger partial charge in [-0.05, 0) is 54.8 Å². The van der Waals surface area contributed by atoms with Gasteiger partial charge in [-0.1, -0.05) is 42.5 Å². The van der Waals surface area contributed by atoms with E-state index in [9.17, 15) is 22.8 Å². The van der Waals surface area contributed by atoms with Crippen molar-refractivity contribution in [2.45, 2.75) is 32.1 Å². The predicted octanol–water partition coefficient (Wildman–Crippen LogP) is 5.23. The summed E-state index contributed by atoms with van der Waals surface area (Å²) in [7, 11) is 0. The molecule has 0 saturated heterocycles. The van der Waals surface area contributed by atoms with Crippen molar-refractivity contribution in [2.24, 2.45) is 0 Å². The number of fused-ring (bicyclic) bond motifs is 1. The zero-order valence-electron chi connectivity index (χ0n) is 17.3. The van der Waals surface area contributed by atoms with Gasteiger partial charge in [-0.15, -0.1) is 0 Å². The van der Waals surface area contributed by atoms with Crippen LogP contribution in [-0.2, 0) is 19.1 Å². The zero-order valence-corrected chi connectivity index (χ0v) is 17.3. The molecule has 1 aliphatic heterocycles. The van der Waals surface area contributed by atoms with Crippen molar-refractivity contribution in [3.8, 4) is 0 Å². The van der Waals surface area contributed by atoms with Gasteiger partial charge in [0.1, 0.15) is 0 Å². The number of hydrogen-bond donors (Lipinski definition) is 1. The van der Waals surface area contributed by atoms with Gasteiger partial charge in [0.25, 0.3) is 11.8 Å². The minimum Gasteiger partial charge on any atom is -0.348 e. The van der Waals surface area contributed by atoms with E-state index in [0.29, 0.717) is 17.5 Å². The maximum Gasteiger partial charge on any atom is 0.417 e. The van der Waals surface area contributed by atoms with Crippen LogP contribution in [-0.4, -0.2) is 17.9 Å². The smallest absolute Gasteiger partial charge is 0.348 e. The highest BCUT2D eigenvalue weighted by Crippen LogP contribution is 2.35. The molecule has 0 aromatic heterocycles. The lowest BCUT2D eigenvalue weighted by molar-refractivity contribution is -0.137. The average molecular weight is 438 g/mol. The summed E-state index contributed by atoms with van der Waals surface area (Å²) in [5, 5.41) is 2.56. The van der Waals surface area contributed by atoms with E-state index in [1.54, 1.807) is 29.2 Å². The fraction of sp³-hybridized carbons (Fsp3) is 0.200. The first-order chi connectivity index (χ1) is 15.3. The van der Waals surface area contributed by atoms with Gasteiger partial charge >= 0.3 is 6.18 Å². The number of benzene rings is 3. The van der Waals surface area contributed by atoms with E-state index in [0.717, 1.165) is 23.4 Å². The van der Waals surface area contributed by atoms with Gasteiger partial charge in [0.15, 0.2) is 0 Å². The molecule has 0 radical (unpaired) electrons. The Kier molecular flexibility index (Phi) is 5.74. The van der Waals surface area contributed by atoms with Crippen molar-refractivity contribution in [3.63, 3.8) is 0 Å². The van der Waals surface area contributed by atoms with Gasteiger partial charge < -0.3 is 10.2 Å². The SMILES string of the molecule is C[C@@H]1Cc2ccc(CNC(=O)c3ccccc3C(F)(F)F)cc2N1C(=O)c1ccccc1. The third kappa shape index (κ3) is 4.23. The molecule has 2 amide bonds. The first-order valence-electron chi connectivity index (χ1n) is 10.2. The summed E-state index contributed by atoms with van der Waals surface area (Å²) in [6, 6.07) is 19.2. The molecule has 0 aliphatic carbocycles. The Bertz CT molecular complexity index is 1160. The first-order valence-corrected chi connectivity index (χ1v) is 10.2. The predicted molar refractivity (Wildman–Crippen MR) is 115 cm³/mol. The van der Waals surface area contributed by atoms with Crippen LogP contribution in [0.15, 0.2) is 72.8 Å². The molecule has 0 fully saturated rings. The maximum atomic E-state index is 13.2. The van der Waals surface area contributed by atoms with E-state index >= 15 is 0 Å². The van der Waals surface area contributed by atoms with Crippen molar-refractivity contribution in [2.75, 3.05) is 4.90 Å². The third-order valence-electron chi connectivity index (χ3n) is 5.54. The molecule has 0 bridgehead atoms. The quantitative estimate of drug-likeness (QED) is 0.607. The van der Waals surface area contributed by atoms with E-state index in [1.807, 2.05) is 31.2 Å². The van der Waals surface area contributed by atoms with Gasteiger partial charge in [-0.3, -0.25) is 9.59 Å². The number of nitrogens with one attached hydrogen (secondary N) is 1. The highest BCUT2D eigenvalue weighted by molar-refractivity contribution is 6.07. The van der Waals surface area contributed by atoms with Crippen molar-refractivity contribution < 1.29 is 22.8 Å². The molecule has 4 rings (SSSR count). The lowest BCUT2D eigenvalue weighted by atomic mass is 10.1. The van der Waals surface area contributed by atoms with E-state index in [1.165, 1.54) is 12.1 Å². The van der Waals surface area contributed by atoms with Crippen LogP contribution in [0.25, 0.3) is 0 Å². The molecule has 1 heterocycles. The molecule has 164 valence electrons. The second-order valence-corrected chi connectivity index (χ2v) is 7.78. The summed E-state index contributed by atoms with van der Waals surface area (Å²) in [5.74, 6) is -0.916. The minimum absolute atomic E-state index is 0.0267. The summed E-state index contributed by atoms with van der Waals surface area (Å²) in [5.41, 5.74) is 1.65. The summed E-state index contributed by atoms with van der Waals surface area (Å²) in [6.07, 6.45) is -3.91. The first kappa shape index (κ1) is 21.6. The molecule has 7 heteroatoms. The molecule has 0 unspecified atom stereocenters. The number of anilines is 1. The Morgan fingerprint density at radius 2 is 1.69 bits per heavy atom. The second kappa shape index (κ2) is 8.49. The molecule has 1 atom stereocenters. The van der Waals surface area contributed by atoms with E-state index in [4.69, 9.17) is 0 Å². The minimum atomic E-state index is -4.62. The maximum absolute atomic E-state index is 13.2. The topological polar surface area (TPSA) is 49.4 Å².